The molecule has 0 aliphatic carbocycles. The van der Waals surface area contributed by atoms with Gasteiger partial charge in [0, 0.05) is 12.2 Å². The van der Waals surface area contributed by atoms with Gasteiger partial charge in [-0.05, 0) is 30.3 Å². The maximum atomic E-state index is 15.8. The summed E-state index contributed by atoms with van der Waals surface area (Å²) in [4.78, 5) is 12.6. The second-order valence-electron chi connectivity index (χ2n) is 9.71. The number of hydrogen-bond donors (Lipinski definition) is 0. The fourth-order valence-corrected chi connectivity index (χ4v) is 4.60. The van der Waals surface area contributed by atoms with E-state index in [0.717, 1.165) is 0 Å². The molecular weight excluding hydrogens is 475 g/mol. The number of para-hydroxylation sites is 1. The fraction of sp³-hybridized carbons (Fsp3) is 0.478. The van der Waals surface area contributed by atoms with Crippen molar-refractivity contribution in [2.24, 2.45) is 0 Å². The maximum Gasteiger partial charge on any atom is 0.358 e. The first-order valence-electron chi connectivity index (χ1n) is 11.1. The molecule has 4 rings (SSSR count). The van der Waals surface area contributed by atoms with E-state index in [4.69, 9.17) is 30.9 Å². The van der Waals surface area contributed by atoms with E-state index in [0.29, 0.717) is 16.9 Å². The van der Waals surface area contributed by atoms with E-state index in [9.17, 15) is 0 Å². The summed E-state index contributed by atoms with van der Waals surface area (Å²) in [6, 6.07) is 8.95. The standard InChI is InChI=1S/C23H29FN4O4SSi/c1-23(2,3)34(4,5)29-12-17-18(24)19(32-22(33)30-15-9-7-6-8-10-15)21(31-17)28-14-27-16-11-25-13-26-20(16)28/h6-11,13-14,17-19,21H,12H2,1-5H3/t17-,18+,19-,21-/m1/s1. The lowest BCUT2D eigenvalue weighted by Gasteiger charge is -2.37. The van der Waals surface area contributed by atoms with Crippen LogP contribution in [0.4, 0.5) is 4.39 Å². The van der Waals surface area contributed by atoms with Gasteiger partial charge in [-0.15, -0.1) is 0 Å². The summed E-state index contributed by atoms with van der Waals surface area (Å²) >= 11 is 5.27. The van der Waals surface area contributed by atoms with Gasteiger partial charge in [0.1, 0.15) is 23.7 Å². The van der Waals surface area contributed by atoms with Crippen molar-refractivity contribution in [3.8, 4) is 5.75 Å². The van der Waals surface area contributed by atoms with Crippen molar-refractivity contribution in [3.63, 3.8) is 0 Å². The van der Waals surface area contributed by atoms with Gasteiger partial charge in [-0.3, -0.25) is 4.57 Å². The van der Waals surface area contributed by atoms with Gasteiger partial charge in [0.15, 0.2) is 32.5 Å². The van der Waals surface area contributed by atoms with E-state index < -0.39 is 32.9 Å². The van der Waals surface area contributed by atoms with Gasteiger partial charge < -0.3 is 18.6 Å². The number of hydrogen-bond acceptors (Lipinski definition) is 8. The molecule has 1 saturated heterocycles. The number of alkyl halides is 1. The van der Waals surface area contributed by atoms with Crippen LogP contribution < -0.4 is 4.74 Å². The predicted molar refractivity (Wildman–Crippen MR) is 132 cm³/mol. The summed E-state index contributed by atoms with van der Waals surface area (Å²) in [6.07, 6.45) is 0.175. The van der Waals surface area contributed by atoms with E-state index in [2.05, 4.69) is 48.8 Å². The monoisotopic (exact) mass is 504 g/mol. The molecule has 11 heteroatoms. The zero-order valence-electron chi connectivity index (χ0n) is 19.8. The number of imidazole rings is 1. The third-order valence-electron chi connectivity index (χ3n) is 6.37. The number of nitrogens with zero attached hydrogens (tertiary/aromatic N) is 4. The zero-order chi connectivity index (χ0) is 24.5. The molecule has 0 radical (unpaired) electrons. The lowest BCUT2D eigenvalue weighted by atomic mass is 10.1. The summed E-state index contributed by atoms with van der Waals surface area (Å²) in [5, 5.41) is -0.215. The minimum Gasteiger partial charge on any atom is -0.445 e. The third-order valence-corrected chi connectivity index (χ3v) is 11.0. The van der Waals surface area contributed by atoms with Crippen LogP contribution in [0.2, 0.25) is 18.1 Å². The van der Waals surface area contributed by atoms with Crippen LogP contribution in [-0.2, 0) is 13.9 Å². The van der Waals surface area contributed by atoms with E-state index >= 15 is 4.39 Å². The largest absolute Gasteiger partial charge is 0.445 e. The van der Waals surface area contributed by atoms with Gasteiger partial charge in [0.25, 0.3) is 0 Å². The number of aromatic nitrogens is 4. The van der Waals surface area contributed by atoms with Crippen molar-refractivity contribution in [1.29, 1.82) is 0 Å². The Kier molecular flexibility index (Phi) is 6.99. The van der Waals surface area contributed by atoms with Gasteiger partial charge in [-0.1, -0.05) is 39.0 Å². The number of rotatable bonds is 6. The number of ether oxygens (including phenoxy) is 3. The Morgan fingerprint density at radius 2 is 1.94 bits per heavy atom. The molecule has 1 aromatic carbocycles. The molecule has 0 N–H and O–H groups in total. The van der Waals surface area contributed by atoms with Gasteiger partial charge in [0.2, 0.25) is 0 Å². The van der Waals surface area contributed by atoms with Crippen LogP contribution in [0.25, 0.3) is 11.2 Å². The van der Waals surface area contributed by atoms with Crippen LogP contribution in [0.3, 0.4) is 0 Å². The van der Waals surface area contributed by atoms with Crippen LogP contribution in [0, 0.1) is 0 Å². The third kappa shape index (κ3) is 5.12. The van der Waals surface area contributed by atoms with Crippen molar-refractivity contribution in [1.82, 2.24) is 19.5 Å². The van der Waals surface area contributed by atoms with Crippen LogP contribution in [0.1, 0.15) is 27.0 Å². The summed E-state index contributed by atoms with van der Waals surface area (Å²) in [6.45, 7) is 10.7. The van der Waals surface area contributed by atoms with E-state index in [1.54, 1.807) is 22.9 Å². The number of thiocarbonyl (C=S) groups is 1. The summed E-state index contributed by atoms with van der Waals surface area (Å²) in [7, 11) is -2.12. The first-order valence-corrected chi connectivity index (χ1v) is 14.4. The predicted octanol–water partition coefficient (Wildman–Crippen LogP) is 4.83. The lowest BCUT2D eigenvalue weighted by Crippen LogP contribution is -2.44. The number of benzene rings is 1. The van der Waals surface area contributed by atoms with Gasteiger partial charge in [-0.25, -0.2) is 19.3 Å². The number of fused-ring (bicyclic) bond motifs is 1. The van der Waals surface area contributed by atoms with Crippen molar-refractivity contribution in [3.05, 3.63) is 49.2 Å². The quantitative estimate of drug-likeness (QED) is 0.349. The Bertz CT molecular complexity index is 1140. The van der Waals surface area contributed by atoms with Crippen LogP contribution in [-0.4, -0.2) is 58.1 Å². The molecule has 8 nitrogen and oxygen atoms in total. The molecule has 0 spiro atoms. The molecule has 34 heavy (non-hydrogen) atoms. The summed E-state index contributed by atoms with van der Waals surface area (Å²) in [5.74, 6) is 0.497. The highest BCUT2D eigenvalue weighted by atomic mass is 32.1. The van der Waals surface area contributed by atoms with Crippen molar-refractivity contribution in [2.45, 2.75) is 63.5 Å². The molecule has 0 bridgehead atoms. The minimum absolute atomic E-state index is 0.0186. The van der Waals surface area contributed by atoms with E-state index in [1.807, 2.05) is 18.2 Å². The molecule has 3 aromatic rings. The Balaban J connectivity index is 1.57. The molecule has 3 heterocycles. The Morgan fingerprint density at radius 1 is 1.21 bits per heavy atom. The first-order chi connectivity index (χ1) is 16.1. The van der Waals surface area contributed by atoms with Gasteiger partial charge >= 0.3 is 5.24 Å². The molecule has 0 unspecified atom stereocenters. The second kappa shape index (κ2) is 9.65. The van der Waals surface area contributed by atoms with Crippen molar-refractivity contribution >= 4 is 36.9 Å². The van der Waals surface area contributed by atoms with E-state index in [1.165, 1.54) is 12.7 Å². The topological polar surface area (TPSA) is 80.5 Å². The Labute approximate surface area is 204 Å². The summed E-state index contributed by atoms with van der Waals surface area (Å²) in [5.41, 5.74) is 1.06. The lowest BCUT2D eigenvalue weighted by molar-refractivity contribution is -0.0473. The average molecular weight is 505 g/mol. The first kappa shape index (κ1) is 24.6. The molecule has 2 aromatic heterocycles. The van der Waals surface area contributed by atoms with Gasteiger partial charge in [0.05, 0.1) is 19.1 Å². The zero-order valence-corrected chi connectivity index (χ0v) is 21.7. The molecule has 1 aliphatic heterocycles. The molecule has 4 atom stereocenters. The highest BCUT2D eigenvalue weighted by molar-refractivity contribution is 7.79. The van der Waals surface area contributed by atoms with Crippen LogP contribution >= 0.6 is 12.2 Å². The molecule has 1 fully saturated rings. The summed E-state index contributed by atoms with van der Waals surface area (Å²) < 4.78 is 41.2. The van der Waals surface area contributed by atoms with Gasteiger partial charge in [-0.2, -0.15) is 0 Å². The van der Waals surface area contributed by atoms with E-state index in [-0.39, 0.29) is 16.9 Å². The smallest absolute Gasteiger partial charge is 0.358 e. The second-order valence-corrected chi connectivity index (χ2v) is 14.9. The Hall–Kier alpha value is -2.47. The molecular formula is C23H29FN4O4SSi. The van der Waals surface area contributed by atoms with Crippen LogP contribution in [0.15, 0.2) is 49.2 Å². The number of halogens is 1. The fourth-order valence-electron chi connectivity index (χ4n) is 3.38. The van der Waals surface area contributed by atoms with Crippen molar-refractivity contribution in [2.75, 3.05) is 6.61 Å². The van der Waals surface area contributed by atoms with Crippen molar-refractivity contribution < 1.29 is 23.0 Å². The highest BCUT2D eigenvalue weighted by Crippen LogP contribution is 2.39. The highest BCUT2D eigenvalue weighted by Gasteiger charge is 2.50. The molecule has 0 saturated carbocycles. The maximum absolute atomic E-state index is 15.8. The van der Waals surface area contributed by atoms with Crippen LogP contribution in [0.5, 0.6) is 5.75 Å². The average Bonchev–Trinajstić information content (AvgIpc) is 3.34. The SMILES string of the molecule is CC(C)(C)[Si](C)(C)OC[C@H]1O[C@@H](n2cnc3cncnc32)[C@H](OC(=S)Oc2ccccc2)[C@H]1F. The normalized spacial score (nSPS) is 23.2. The molecule has 0 amide bonds. The minimum atomic E-state index is -2.12. The Morgan fingerprint density at radius 3 is 2.65 bits per heavy atom. The molecule has 1 aliphatic rings. The molecule has 182 valence electrons.